The zero-order chi connectivity index (χ0) is 20.1. The first-order valence-corrected chi connectivity index (χ1v) is 9.56. The molecule has 0 fully saturated rings. The molecule has 1 heterocycles. The smallest absolute Gasteiger partial charge is 0.161 e. The van der Waals surface area contributed by atoms with Crippen LogP contribution in [-0.4, -0.2) is 53.6 Å². The number of hydrogen-bond acceptors (Lipinski definition) is 6. The number of aliphatic hydroxyl groups is 3. The minimum atomic E-state index is -0.732. The first kappa shape index (κ1) is 20.6. The summed E-state index contributed by atoms with van der Waals surface area (Å²) in [6.45, 7) is 2.06. The van der Waals surface area contributed by atoms with E-state index in [9.17, 15) is 10.2 Å². The highest BCUT2D eigenvalue weighted by Gasteiger charge is 2.22. The van der Waals surface area contributed by atoms with Gasteiger partial charge in [0.2, 0.25) is 0 Å². The van der Waals surface area contributed by atoms with Crippen LogP contribution in [0.5, 0.6) is 11.5 Å². The van der Waals surface area contributed by atoms with Gasteiger partial charge in [0.15, 0.2) is 11.5 Å². The van der Waals surface area contributed by atoms with Crippen molar-refractivity contribution in [2.24, 2.45) is 0 Å². The van der Waals surface area contributed by atoms with Gasteiger partial charge in [0.1, 0.15) is 0 Å². The maximum absolute atomic E-state index is 10.5. The monoisotopic (exact) mass is 387 g/mol. The number of methoxy groups -OCH3 is 2. The van der Waals surface area contributed by atoms with Crippen molar-refractivity contribution in [2.75, 3.05) is 27.3 Å². The standard InChI is InChI=1S/C22H29NO5/c1-27-21-9-17-7-8-23(12-18(17)10-22(21)28-2)13-19(25)11-20(26)16-5-3-15(14-24)4-6-16/h3-6,9-10,19-20,24-26H,7-8,11-14H2,1-2H3. The Labute approximate surface area is 166 Å². The molecule has 3 N–H and O–H groups in total. The topological polar surface area (TPSA) is 82.4 Å². The molecule has 1 aliphatic heterocycles. The molecule has 0 radical (unpaired) electrons. The minimum absolute atomic E-state index is 0.0217. The second-order valence-corrected chi connectivity index (χ2v) is 7.27. The fourth-order valence-corrected chi connectivity index (χ4v) is 3.71. The lowest BCUT2D eigenvalue weighted by Gasteiger charge is -2.31. The van der Waals surface area contributed by atoms with Crippen LogP contribution in [0.15, 0.2) is 36.4 Å². The van der Waals surface area contributed by atoms with E-state index in [0.717, 1.165) is 36.4 Å². The molecule has 6 nitrogen and oxygen atoms in total. The molecular formula is C22H29NO5. The molecule has 28 heavy (non-hydrogen) atoms. The molecule has 2 atom stereocenters. The van der Waals surface area contributed by atoms with Crippen LogP contribution in [-0.2, 0) is 19.6 Å². The lowest BCUT2D eigenvalue weighted by molar-refractivity contribution is 0.0502. The van der Waals surface area contributed by atoms with Crippen LogP contribution in [0.3, 0.4) is 0 Å². The van der Waals surface area contributed by atoms with Crippen LogP contribution >= 0.6 is 0 Å². The van der Waals surface area contributed by atoms with Crippen LogP contribution < -0.4 is 9.47 Å². The van der Waals surface area contributed by atoms with E-state index in [2.05, 4.69) is 4.90 Å². The summed E-state index contributed by atoms with van der Waals surface area (Å²) in [5.74, 6) is 1.45. The molecule has 0 saturated carbocycles. The summed E-state index contributed by atoms with van der Waals surface area (Å²) in [5, 5.41) is 30.0. The van der Waals surface area contributed by atoms with Crippen molar-refractivity contribution >= 4 is 0 Å². The number of ether oxygens (including phenoxy) is 2. The Bertz CT molecular complexity index is 777. The third-order valence-corrected chi connectivity index (χ3v) is 5.31. The van der Waals surface area contributed by atoms with Gasteiger partial charge in [0.05, 0.1) is 33.0 Å². The quantitative estimate of drug-likeness (QED) is 0.643. The average Bonchev–Trinajstić information content (AvgIpc) is 2.72. The summed E-state index contributed by atoms with van der Waals surface area (Å²) in [6.07, 6.45) is -0.208. The molecule has 6 heteroatoms. The van der Waals surface area contributed by atoms with Crippen LogP contribution in [0.4, 0.5) is 0 Å². The van der Waals surface area contributed by atoms with Gasteiger partial charge in [-0.1, -0.05) is 24.3 Å². The molecule has 0 spiro atoms. The molecular weight excluding hydrogens is 358 g/mol. The number of nitrogens with zero attached hydrogens (tertiary/aromatic N) is 1. The normalized spacial score (nSPS) is 16.3. The molecule has 0 bridgehead atoms. The maximum atomic E-state index is 10.5. The number of benzene rings is 2. The Morgan fingerprint density at radius 2 is 1.64 bits per heavy atom. The zero-order valence-electron chi connectivity index (χ0n) is 16.5. The van der Waals surface area contributed by atoms with Crippen LogP contribution in [0.2, 0.25) is 0 Å². The summed E-state index contributed by atoms with van der Waals surface area (Å²) in [6, 6.07) is 11.2. The Kier molecular flexibility index (Phi) is 6.91. The van der Waals surface area contributed by atoms with Gasteiger partial charge in [-0.15, -0.1) is 0 Å². The van der Waals surface area contributed by atoms with Crippen molar-refractivity contribution in [3.8, 4) is 11.5 Å². The van der Waals surface area contributed by atoms with E-state index in [4.69, 9.17) is 14.6 Å². The molecule has 0 amide bonds. The van der Waals surface area contributed by atoms with Gasteiger partial charge in [-0.25, -0.2) is 0 Å². The van der Waals surface area contributed by atoms with Gasteiger partial charge in [-0.05, 0) is 40.8 Å². The Balaban J connectivity index is 1.58. The largest absolute Gasteiger partial charge is 0.493 e. The SMILES string of the molecule is COc1cc2c(cc1OC)CN(CC(O)CC(O)c1ccc(CO)cc1)CC2. The van der Waals surface area contributed by atoms with E-state index in [0.29, 0.717) is 12.3 Å². The Morgan fingerprint density at radius 1 is 1.00 bits per heavy atom. The summed E-state index contributed by atoms with van der Waals surface area (Å²) >= 11 is 0. The Hall–Kier alpha value is -2.12. The third kappa shape index (κ3) is 4.83. The van der Waals surface area contributed by atoms with E-state index in [-0.39, 0.29) is 13.0 Å². The summed E-state index contributed by atoms with van der Waals surface area (Å²) in [4.78, 5) is 2.19. The molecule has 2 unspecified atom stereocenters. The van der Waals surface area contributed by atoms with E-state index in [1.807, 2.05) is 12.1 Å². The molecule has 2 aromatic rings. The molecule has 0 aliphatic carbocycles. The van der Waals surface area contributed by atoms with E-state index < -0.39 is 12.2 Å². The predicted octanol–water partition coefficient (Wildman–Crippen LogP) is 2.04. The lowest BCUT2D eigenvalue weighted by atomic mass is 9.97. The van der Waals surface area contributed by atoms with Crippen molar-refractivity contribution in [1.82, 2.24) is 4.90 Å². The van der Waals surface area contributed by atoms with Gasteiger partial charge in [-0.2, -0.15) is 0 Å². The Morgan fingerprint density at radius 3 is 2.25 bits per heavy atom. The van der Waals surface area contributed by atoms with Crippen molar-refractivity contribution in [2.45, 2.75) is 38.2 Å². The molecule has 0 aromatic heterocycles. The van der Waals surface area contributed by atoms with E-state index in [1.54, 1.807) is 38.5 Å². The molecule has 152 valence electrons. The highest BCUT2D eigenvalue weighted by atomic mass is 16.5. The fraction of sp³-hybridized carbons (Fsp3) is 0.455. The number of aliphatic hydroxyl groups excluding tert-OH is 3. The second kappa shape index (κ2) is 9.39. The second-order valence-electron chi connectivity index (χ2n) is 7.27. The van der Waals surface area contributed by atoms with E-state index >= 15 is 0 Å². The number of fused-ring (bicyclic) bond motifs is 1. The lowest BCUT2D eigenvalue weighted by Crippen LogP contribution is -2.37. The third-order valence-electron chi connectivity index (χ3n) is 5.31. The summed E-state index contributed by atoms with van der Waals surface area (Å²) in [5.41, 5.74) is 3.97. The number of hydrogen-bond donors (Lipinski definition) is 3. The maximum Gasteiger partial charge on any atom is 0.161 e. The van der Waals surface area contributed by atoms with Gasteiger partial charge < -0.3 is 24.8 Å². The zero-order valence-corrected chi connectivity index (χ0v) is 16.5. The molecule has 1 aliphatic rings. The number of rotatable bonds is 8. The van der Waals surface area contributed by atoms with Crippen molar-refractivity contribution in [3.63, 3.8) is 0 Å². The molecule has 0 saturated heterocycles. The minimum Gasteiger partial charge on any atom is -0.493 e. The van der Waals surface area contributed by atoms with Crippen LogP contribution in [0.1, 0.15) is 34.8 Å². The average molecular weight is 387 g/mol. The van der Waals surface area contributed by atoms with Crippen molar-refractivity contribution in [3.05, 3.63) is 58.7 Å². The van der Waals surface area contributed by atoms with Crippen molar-refractivity contribution in [1.29, 1.82) is 0 Å². The highest BCUT2D eigenvalue weighted by Crippen LogP contribution is 2.33. The van der Waals surface area contributed by atoms with Crippen molar-refractivity contribution < 1.29 is 24.8 Å². The van der Waals surface area contributed by atoms with Crippen LogP contribution in [0.25, 0.3) is 0 Å². The highest BCUT2D eigenvalue weighted by molar-refractivity contribution is 5.48. The first-order chi connectivity index (χ1) is 13.5. The van der Waals surface area contributed by atoms with Gasteiger partial charge >= 0.3 is 0 Å². The van der Waals surface area contributed by atoms with Gasteiger partial charge in [0, 0.05) is 26.1 Å². The van der Waals surface area contributed by atoms with Gasteiger partial charge in [0.25, 0.3) is 0 Å². The number of β-amino-alcohol motifs (C(OH)–C–C–N with tert-alkyl or cyclic N) is 1. The van der Waals surface area contributed by atoms with Gasteiger partial charge in [-0.3, -0.25) is 4.90 Å². The predicted molar refractivity (Wildman–Crippen MR) is 106 cm³/mol. The molecule has 2 aromatic carbocycles. The summed E-state index contributed by atoms with van der Waals surface area (Å²) in [7, 11) is 3.27. The molecule has 3 rings (SSSR count). The van der Waals surface area contributed by atoms with E-state index in [1.165, 1.54) is 11.1 Å². The summed E-state index contributed by atoms with van der Waals surface area (Å²) < 4.78 is 10.8. The first-order valence-electron chi connectivity index (χ1n) is 9.56. The fourth-order valence-electron chi connectivity index (χ4n) is 3.71. The van der Waals surface area contributed by atoms with Crippen LogP contribution in [0, 0.1) is 0 Å².